The van der Waals surface area contributed by atoms with Crippen LogP contribution in [0.4, 0.5) is 5.13 Å². The lowest BCUT2D eigenvalue weighted by Crippen LogP contribution is -2.11. The summed E-state index contributed by atoms with van der Waals surface area (Å²) >= 11 is 4.45. The molecule has 1 aliphatic heterocycles. The van der Waals surface area contributed by atoms with Crippen LogP contribution in [-0.2, 0) is 6.42 Å². The minimum Gasteiger partial charge on any atom is -0.493 e. The van der Waals surface area contributed by atoms with E-state index in [1.165, 1.54) is 28.2 Å². The van der Waals surface area contributed by atoms with Crippen LogP contribution >= 0.6 is 34.0 Å². The van der Waals surface area contributed by atoms with E-state index in [1.807, 2.05) is 41.3 Å². The molecule has 0 bridgehead atoms. The van der Waals surface area contributed by atoms with E-state index in [4.69, 9.17) is 4.74 Å². The first-order valence-electron chi connectivity index (χ1n) is 8.70. The molecule has 1 N–H and O–H groups in total. The quantitative estimate of drug-likeness (QED) is 0.469. The number of hydrogen-bond donors (Lipinski definition) is 1. The molecular formula is C20H15N3O2S3. The highest BCUT2D eigenvalue weighted by molar-refractivity contribution is 7.18. The zero-order valence-electron chi connectivity index (χ0n) is 14.9. The van der Waals surface area contributed by atoms with Gasteiger partial charge >= 0.3 is 0 Å². The Morgan fingerprint density at radius 2 is 2.11 bits per heavy atom. The Kier molecular flexibility index (Phi) is 4.46. The number of aryl methyl sites for hydroxylation is 1. The monoisotopic (exact) mass is 425 g/mol. The van der Waals surface area contributed by atoms with Crippen molar-refractivity contribution in [3.8, 4) is 27.6 Å². The number of amides is 1. The predicted molar refractivity (Wildman–Crippen MR) is 115 cm³/mol. The van der Waals surface area contributed by atoms with Gasteiger partial charge in [-0.05, 0) is 42.1 Å². The molecule has 1 amide bonds. The first kappa shape index (κ1) is 17.5. The lowest BCUT2D eigenvalue weighted by atomic mass is 10.1. The summed E-state index contributed by atoms with van der Waals surface area (Å²) in [4.78, 5) is 22.5. The number of thiazole rings is 2. The largest absolute Gasteiger partial charge is 0.493 e. The van der Waals surface area contributed by atoms with E-state index in [2.05, 4.69) is 21.4 Å². The first-order valence-corrected chi connectivity index (χ1v) is 11.3. The number of nitrogens with one attached hydrogen (secondary N) is 1. The number of anilines is 1. The van der Waals surface area contributed by atoms with Gasteiger partial charge < -0.3 is 4.74 Å². The van der Waals surface area contributed by atoms with Gasteiger partial charge in [0.05, 0.1) is 18.0 Å². The van der Waals surface area contributed by atoms with Crippen molar-refractivity contribution in [3.63, 3.8) is 0 Å². The van der Waals surface area contributed by atoms with Gasteiger partial charge in [0.2, 0.25) is 0 Å². The molecule has 4 heterocycles. The molecule has 1 aromatic carbocycles. The number of nitrogens with zero attached hydrogens (tertiary/aromatic N) is 2. The molecule has 0 atom stereocenters. The molecule has 1 aliphatic rings. The number of carbonyl (C=O) groups excluding carboxylic acids is 1. The molecule has 0 aliphatic carbocycles. The number of thiophene rings is 1. The Hall–Kier alpha value is -2.55. The number of aromatic nitrogens is 2. The van der Waals surface area contributed by atoms with Crippen molar-refractivity contribution in [2.24, 2.45) is 0 Å². The fourth-order valence-corrected chi connectivity index (χ4v) is 5.47. The van der Waals surface area contributed by atoms with Gasteiger partial charge in [-0.3, -0.25) is 10.1 Å². The van der Waals surface area contributed by atoms with Crippen molar-refractivity contribution in [1.82, 2.24) is 9.97 Å². The highest BCUT2D eigenvalue weighted by Gasteiger charge is 2.18. The van der Waals surface area contributed by atoms with E-state index in [9.17, 15) is 4.79 Å². The zero-order valence-corrected chi connectivity index (χ0v) is 17.3. The fraction of sp³-hybridized carbons (Fsp3) is 0.150. The summed E-state index contributed by atoms with van der Waals surface area (Å²) in [5.41, 5.74) is 4.88. The molecule has 0 unspecified atom stereocenters. The predicted octanol–water partition coefficient (Wildman–Crippen LogP) is 5.49. The Labute approximate surface area is 173 Å². The molecule has 140 valence electrons. The number of hydrogen-bond acceptors (Lipinski definition) is 7. The average Bonchev–Trinajstić information content (AvgIpc) is 3.47. The molecule has 3 aromatic heterocycles. The molecule has 4 aromatic rings. The Balaban J connectivity index is 1.35. The van der Waals surface area contributed by atoms with Gasteiger partial charge in [-0.2, -0.15) is 11.3 Å². The summed E-state index contributed by atoms with van der Waals surface area (Å²) in [5.74, 6) is 0.786. The summed E-state index contributed by atoms with van der Waals surface area (Å²) in [7, 11) is 0. The Morgan fingerprint density at radius 1 is 1.18 bits per heavy atom. The van der Waals surface area contributed by atoms with Gasteiger partial charge in [-0.25, -0.2) is 9.97 Å². The summed E-state index contributed by atoms with van der Waals surface area (Å²) in [5, 5.41) is 10.4. The van der Waals surface area contributed by atoms with Gasteiger partial charge in [0.1, 0.15) is 15.6 Å². The van der Waals surface area contributed by atoms with Crippen molar-refractivity contribution < 1.29 is 9.53 Å². The number of ether oxygens (including phenoxy) is 1. The van der Waals surface area contributed by atoms with E-state index >= 15 is 0 Å². The second-order valence-corrected chi connectivity index (χ2v) is 9.00. The normalized spacial score (nSPS) is 12.6. The van der Waals surface area contributed by atoms with Crippen molar-refractivity contribution in [2.75, 3.05) is 11.9 Å². The first-order chi connectivity index (χ1) is 13.7. The molecule has 8 heteroatoms. The number of fused-ring (bicyclic) bond motifs is 1. The smallest absolute Gasteiger partial charge is 0.269 e. The van der Waals surface area contributed by atoms with Crippen LogP contribution in [0.1, 0.15) is 20.9 Å². The summed E-state index contributed by atoms with van der Waals surface area (Å²) in [6.07, 6.45) is 0.925. The maximum atomic E-state index is 12.7. The molecule has 0 saturated heterocycles. The minimum absolute atomic E-state index is 0.167. The molecule has 5 nitrogen and oxygen atoms in total. The van der Waals surface area contributed by atoms with Gasteiger partial charge in [0, 0.05) is 28.3 Å². The van der Waals surface area contributed by atoms with E-state index in [1.54, 1.807) is 11.3 Å². The van der Waals surface area contributed by atoms with Crippen molar-refractivity contribution in [2.45, 2.75) is 13.3 Å². The molecule has 0 saturated carbocycles. The second-order valence-electron chi connectivity index (χ2n) is 6.36. The lowest BCUT2D eigenvalue weighted by molar-refractivity contribution is 0.103. The topological polar surface area (TPSA) is 64.1 Å². The highest BCUT2D eigenvalue weighted by atomic mass is 32.1. The summed E-state index contributed by atoms with van der Waals surface area (Å²) < 4.78 is 5.56. The van der Waals surface area contributed by atoms with E-state index in [-0.39, 0.29) is 5.91 Å². The van der Waals surface area contributed by atoms with Crippen LogP contribution in [0.25, 0.3) is 21.8 Å². The van der Waals surface area contributed by atoms with Crippen LogP contribution < -0.4 is 10.1 Å². The Morgan fingerprint density at radius 3 is 2.96 bits per heavy atom. The van der Waals surface area contributed by atoms with Gasteiger partial charge in [0.25, 0.3) is 5.91 Å². The molecule has 28 heavy (non-hydrogen) atoms. The van der Waals surface area contributed by atoms with Crippen molar-refractivity contribution >= 4 is 45.0 Å². The number of carbonyl (C=O) groups is 1. The van der Waals surface area contributed by atoms with E-state index in [0.29, 0.717) is 10.0 Å². The zero-order chi connectivity index (χ0) is 19.1. The molecule has 0 spiro atoms. The lowest BCUT2D eigenvalue weighted by Gasteiger charge is -2.02. The summed E-state index contributed by atoms with van der Waals surface area (Å²) in [6, 6.07) is 8.12. The van der Waals surface area contributed by atoms with Crippen LogP contribution in [0, 0.1) is 6.92 Å². The molecule has 0 fully saturated rings. The maximum absolute atomic E-state index is 12.7. The second kappa shape index (κ2) is 7.12. The van der Waals surface area contributed by atoms with Crippen LogP contribution in [0.15, 0.2) is 40.4 Å². The third kappa shape index (κ3) is 3.23. The van der Waals surface area contributed by atoms with Gasteiger partial charge in [-0.15, -0.1) is 22.7 Å². The minimum atomic E-state index is -0.167. The fourth-order valence-electron chi connectivity index (χ4n) is 3.08. The average molecular weight is 426 g/mol. The molecular weight excluding hydrogens is 410 g/mol. The molecule has 0 radical (unpaired) electrons. The van der Waals surface area contributed by atoms with E-state index < -0.39 is 0 Å². The summed E-state index contributed by atoms with van der Waals surface area (Å²) in [6.45, 7) is 2.60. The van der Waals surface area contributed by atoms with Crippen molar-refractivity contribution in [1.29, 1.82) is 0 Å². The third-order valence-corrected chi connectivity index (χ3v) is 7.13. The Bertz CT molecular complexity index is 1160. The SMILES string of the molecule is Cc1nc(-c2ccsc2)sc1C(=O)Nc1nc(-c2ccc3c(c2)CCO3)cs1. The van der Waals surface area contributed by atoms with Gasteiger partial charge in [0.15, 0.2) is 5.13 Å². The van der Waals surface area contributed by atoms with Crippen LogP contribution in [0.5, 0.6) is 5.75 Å². The van der Waals surface area contributed by atoms with Gasteiger partial charge in [-0.1, -0.05) is 0 Å². The van der Waals surface area contributed by atoms with Crippen LogP contribution in [0.3, 0.4) is 0 Å². The maximum Gasteiger partial charge on any atom is 0.269 e. The van der Waals surface area contributed by atoms with E-state index in [0.717, 1.165) is 46.3 Å². The third-order valence-electron chi connectivity index (χ3n) is 4.48. The standard InChI is InChI=1S/C20H15N3O2S3/c1-11-17(28-19(21-11)14-5-7-26-9-14)18(24)23-20-22-15(10-27-20)12-2-3-16-13(8-12)4-6-25-16/h2-3,5,7-10H,4,6H2,1H3,(H,22,23,24). The highest BCUT2D eigenvalue weighted by Crippen LogP contribution is 2.33. The van der Waals surface area contributed by atoms with Crippen LogP contribution in [0.2, 0.25) is 0 Å². The van der Waals surface area contributed by atoms with Crippen LogP contribution in [-0.4, -0.2) is 22.5 Å². The molecule has 5 rings (SSSR count). The number of benzene rings is 1. The van der Waals surface area contributed by atoms with Crippen molar-refractivity contribution in [3.05, 3.63) is 56.5 Å². The number of rotatable bonds is 4.